The van der Waals surface area contributed by atoms with E-state index in [1.165, 1.54) is 11.3 Å². The van der Waals surface area contributed by atoms with Gasteiger partial charge in [0.25, 0.3) is 0 Å². The minimum atomic E-state index is -0.778. The van der Waals surface area contributed by atoms with Gasteiger partial charge in [-0.2, -0.15) is 0 Å². The van der Waals surface area contributed by atoms with Gasteiger partial charge >= 0.3 is 12.0 Å². The molecule has 7 heteroatoms. The molecule has 21 heavy (non-hydrogen) atoms. The molecule has 0 saturated carbocycles. The van der Waals surface area contributed by atoms with Crippen LogP contribution in [-0.4, -0.2) is 28.6 Å². The first-order valence-electron chi connectivity index (χ1n) is 7.06. The van der Waals surface area contributed by atoms with Crippen LogP contribution in [0.3, 0.4) is 0 Å². The van der Waals surface area contributed by atoms with E-state index in [0.29, 0.717) is 13.0 Å². The standard InChI is InChI=1S/C14H23N3O3S/c1-9(4-5-12(18)19)6-7-15-14(20)17-11(3)13-16-10(2)8-21-13/h8-9,11H,4-7H2,1-3H3,(H,18,19)(H2,15,17,20). The number of nitrogens with one attached hydrogen (secondary N) is 2. The number of carboxylic acids is 1. The molecule has 1 aromatic heterocycles. The Morgan fingerprint density at radius 3 is 2.67 bits per heavy atom. The molecule has 2 amide bonds. The van der Waals surface area contributed by atoms with Crippen LogP contribution in [-0.2, 0) is 4.79 Å². The summed E-state index contributed by atoms with van der Waals surface area (Å²) in [6, 6.07) is -0.339. The van der Waals surface area contributed by atoms with E-state index in [0.717, 1.165) is 17.1 Å². The second kappa shape index (κ2) is 8.61. The lowest BCUT2D eigenvalue weighted by Gasteiger charge is -2.14. The Morgan fingerprint density at radius 2 is 2.10 bits per heavy atom. The molecule has 1 heterocycles. The van der Waals surface area contributed by atoms with Crippen LogP contribution >= 0.6 is 11.3 Å². The van der Waals surface area contributed by atoms with E-state index < -0.39 is 5.97 Å². The summed E-state index contributed by atoms with van der Waals surface area (Å²) in [5.74, 6) is -0.499. The zero-order valence-electron chi connectivity index (χ0n) is 12.7. The topological polar surface area (TPSA) is 91.3 Å². The van der Waals surface area contributed by atoms with Crippen molar-refractivity contribution in [2.24, 2.45) is 5.92 Å². The second-order valence-electron chi connectivity index (χ2n) is 5.28. The van der Waals surface area contributed by atoms with Crippen molar-refractivity contribution >= 4 is 23.3 Å². The number of aryl methyl sites for hydroxylation is 1. The monoisotopic (exact) mass is 313 g/mol. The summed E-state index contributed by atoms with van der Waals surface area (Å²) in [4.78, 5) is 26.5. The zero-order chi connectivity index (χ0) is 15.8. The average molecular weight is 313 g/mol. The molecule has 2 unspecified atom stereocenters. The van der Waals surface area contributed by atoms with E-state index >= 15 is 0 Å². The zero-order valence-corrected chi connectivity index (χ0v) is 13.5. The van der Waals surface area contributed by atoms with Gasteiger partial charge in [-0.3, -0.25) is 4.79 Å². The Labute approximate surface area is 129 Å². The lowest BCUT2D eigenvalue weighted by atomic mass is 10.0. The summed E-state index contributed by atoms with van der Waals surface area (Å²) >= 11 is 1.53. The van der Waals surface area contributed by atoms with Gasteiger partial charge in [0.1, 0.15) is 5.01 Å². The second-order valence-corrected chi connectivity index (χ2v) is 6.16. The number of thiazole rings is 1. The Bertz CT molecular complexity index is 476. The molecule has 3 N–H and O–H groups in total. The highest BCUT2D eigenvalue weighted by atomic mass is 32.1. The lowest BCUT2D eigenvalue weighted by Crippen LogP contribution is -2.37. The van der Waals surface area contributed by atoms with E-state index in [1.807, 2.05) is 26.2 Å². The van der Waals surface area contributed by atoms with Crippen LogP contribution in [0.5, 0.6) is 0 Å². The number of carbonyl (C=O) groups excluding carboxylic acids is 1. The molecule has 0 aromatic carbocycles. The fourth-order valence-corrected chi connectivity index (χ4v) is 2.63. The van der Waals surface area contributed by atoms with Crippen molar-refractivity contribution in [1.82, 2.24) is 15.6 Å². The minimum absolute atomic E-state index is 0.117. The van der Waals surface area contributed by atoms with Crippen LogP contribution in [0.1, 0.15) is 49.9 Å². The molecule has 1 aromatic rings. The molecule has 0 bridgehead atoms. The highest BCUT2D eigenvalue weighted by molar-refractivity contribution is 7.09. The van der Waals surface area contributed by atoms with Gasteiger partial charge in [0, 0.05) is 24.0 Å². The molecular weight excluding hydrogens is 290 g/mol. The molecule has 0 spiro atoms. The van der Waals surface area contributed by atoms with E-state index in [1.54, 1.807) is 0 Å². The maximum absolute atomic E-state index is 11.7. The van der Waals surface area contributed by atoms with Crippen LogP contribution in [0.15, 0.2) is 5.38 Å². The first-order valence-corrected chi connectivity index (χ1v) is 7.94. The van der Waals surface area contributed by atoms with Gasteiger partial charge in [0.15, 0.2) is 0 Å². The third kappa shape index (κ3) is 7.08. The van der Waals surface area contributed by atoms with Crippen molar-refractivity contribution in [3.05, 3.63) is 16.1 Å². The van der Waals surface area contributed by atoms with E-state index in [9.17, 15) is 9.59 Å². The maximum atomic E-state index is 11.7. The molecule has 2 atom stereocenters. The summed E-state index contributed by atoms with van der Waals surface area (Å²) in [6.07, 6.45) is 1.58. The fourth-order valence-electron chi connectivity index (χ4n) is 1.83. The van der Waals surface area contributed by atoms with Crippen LogP contribution in [0.2, 0.25) is 0 Å². The lowest BCUT2D eigenvalue weighted by molar-refractivity contribution is -0.137. The van der Waals surface area contributed by atoms with E-state index in [4.69, 9.17) is 5.11 Å². The van der Waals surface area contributed by atoms with Crippen molar-refractivity contribution < 1.29 is 14.7 Å². The van der Waals surface area contributed by atoms with E-state index in [2.05, 4.69) is 15.6 Å². The quantitative estimate of drug-likeness (QED) is 0.688. The molecule has 0 fully saturated rings. The Hall–Kier alpha value is -1.63. The highest BCUT2D eigenvalue weighted by Crippen LogP contribution is 2.17. The van der Waals surface area contributed by atoms with Gasteiger partial charge in [-0.05, 0) is 32.6 Å². The Balaban J connectivity index is 2.20. The molecule has 0 radical (unpaired) electrons. The van der Waals surface area contributed by atoms with Gasteiger partial charge in [-0.1, -0.05) is 6.92 Å². The smallest absolute Gasteiger partial charge is 0.315 e. The van der Waals surface area contributed by atoms with Crippen molar-refractivity contribution in [3.63, 3.8) is 0 Å². The van der Waals surface area contributed by atoms with Gasteiger partial charge in [-0.15, -0.1) is 11.3 Å². The number of nitrogens with zero attached hydrogens (tertiary/aromatic N) is 1. The molecule has 0 saturated heterocycles. The molecule has 6 nitrogen and oxygen atoms in total. The molecule has 0 aliphatic carbocycles. The largest absolute Gasteiger partial charge is 0.481 e. The van der Waals surface area contributed by atoms with Gasteiger partial charge in [-0.25, -0.2) is 9.78 Å². The van der Waals surface area contributed by atoms with Crippen LogP contribution in [0, 0.1) is 12.8 Å². The van der Waals surface area contributed by atoms with Crippen LogP contribution in [0.25, 0.3) is 0 Å². The number of aliphatic carboxylic acids is 1. The predicted molar refractivity (Wildman–Crippen MR) is 82.5 cm³/mol. The maximum Gasteiger partial charge on any atom is 0.315 e. The third-order valence-electron chi connectivity index (χ3n) is 3.13. The first kappa shape index (κ1) is 17.4. The summed E-state index contributed by atoms with van der Waals surface area (Å²) in [5, 5.41) is 17.1. The van der Waals surface area contributed by atoms with Crippen molar-refractivity contribution in [1.29, 1.82) is 0 Å². The molecule has 0 aliphatic heterocycles. The summed E-state index contributed by atoms with van der Waals surface area (Å²) in [6.45, 7) is 6.35. The Kier molecular flexibility index (Phi) is 7.14. The molecule has 1 rings (SSSR count). The fraction of sp³-hybridized carbons (Fsp3) is 0.643. The highest BCUT2D eigenvalue weighted by Gasteiger charge is 2.12. The third-order valence-corrected chi connectivity index (χ3v) is 4.27. The summed E-state index contributed by atoms with van der Waals surface area (Å²) in [5.41, 5.74) is 0.955. The first-order chi connectivity index (χ1) is 9.88. The number of aromatic nitrogens is 1. The van der Waals surface area contributed by atoms with Crippen molar-refractivity contribution in [2.45, 2.75) is 46.1 Å². The number of hydrogen-bond donors (Lipinski definition) is 3. The summed E-state index contributed by atoms with van der Waals surface area (Å²) in [7, 11) is 0. The molecule has 118 valence electrons. The van der Waals surface area contributed by atoms with Crippen molar-refractivity contribution in [2.75, 3.05) is 6.54 Å². The van der Waals surface area contributed by atoms with Crippen LogP contribution in [0.4, 0.5) is 4.79 Å². The number of amides is 2. The van der Waals surface area contributed by atoms with Gasteiger partial charge in [0.05, 0.1) is 6.04 Å². The SMILES string of the molecule is Cc1csc(C(C)NC(=O)NCCC(C)CCC(=O)O)n1. The number of carboxylic acid groups (broad SMARTS) is 1. The molecular formula is C14H23N3O3S. The number of rotatable bonds is 8. The van der Waals surface area contributed by atoms with E-state index in [-0.39, 0.29) is 24.4 Å². The molecule has 0 aliphatic rings. The minimum Gasteiger partial charge on any atom is -0.481 e. The number of carbonyl (C=O) groups is 2. The number of urea groups is 1. The number of hydrogen-bond acceptors (Lipinski definition) is 4. The predicted octanol–water partition coefficient (Wildman–Crippen LogP) is 2.70. The Morgan fingerprint density at radius 1 is 1.38 bits per heavy atom. The average Bonchev–Trinajstić information content (AvgIpc) is 2.83. The summed E-state index contributed by atoms with van der Waals surface area (Å²) < 4.78 is 0. The normalized spacial score (nSPS) is 13.5. The van der Waals surface area contributed by atoms with Crippen molar-refractivity contribution in [3.8, 4) is 0 Å². The van der Waals surface area contributed by atoms with Gasteiger partial charge < -0.3 is 15.7 Å². The van der Waals surface area contributed by atoms with Gasteiger partial charge in [0.2, 0.25) is 0 Å². The van der Waals surface area contributed by atoms with Crippen LogP contribution < -0.4 is 10.6 Å².